The molecular formula is C28H30N6O3. The number of aliphatic hydroxyl groups is 1. The molecule has 0 saturated heterocycles. The molecule has 3 aromatic carbocycles. The minimum absolute atomic E-state index is 0.207. The third kappa shape index (κ3) is 7.76. The quantitative estimate of drug-likeness (QED) is 0.239. The van der Waals surface area contributed by atoms with E-state index in [4.69, 9.17) is 4.74 Å². The van der Waals surface area contributed by atoms with Crippen molar-refractivity contribution in [3.05, 3.63) is 96.7 Å². The van der Waals surface area contributed by atoms with Crippen molar-refractivity contribution in [1.82, 2.24) is 14.9 Å². The van der Waals surface area contributed by atoms with Crippen LogP contribution >= 0.6 is 0 Å². The van der Waals surface area contributed by atoms with Gasteiger partial charge in [-0.2, -0.15) is 4.98 Å². The third-order valence-electron chi connectivity index (χ3n) is 5.24. The van der Waals surface area contributed by atoms with Gasteiger partial charge < -0.3 is 30.7 Å². The van der Waals surface area contributed by atoms with Gasteiger partial charge in [-0.15, -0.1) is 0 Å². The van der Waals surface area contributed by atoms with Crippen molar-refractivity contribution in [1.29, 1.82) is 0 Å². The highest BCUT2D eigenvalue weighted by atomic mass is 16.5. The Morgan fingerprint density at radius 2 is 1.57 bits per heavy atom. The molecule has 1 unspecified atom stereocenters. The molecule has 0 spiro atoms. The van der Waals surface area contributed by atoms with Crippen LogP contribution in [-0.2, 0) is 0 Å². The summed E-state index contributed by atoms with van der Waals surface area (Å²) in [5.41, 5.74) is 2.56. The maximum Gasteiger partial charge on any atom is 0.255 e. The van der Waals surface area contributed by atoms with Gasteiger partial charge in [0.05, 0.1) is 6.20 Å². The molecule has 0 fully saturated rings. The number of carbonyl (C=O) groups is 1. The van der Waals surface area contributed by atoms with Crippen LogP contribution in [0, 0.1) is 0 Å². The number of nitrogens with one attached hydrogen (secondary N) is 3. The SMILES string of the molecule is CN(C)CC(O)COc1ccc(Nc2ncc(NC(=O)c3ccccc3)c(Nc3ccccc3)n2)cc1. The van der Waals surface area contributed by atoms with E-state index in [0.717, 1.165) is 11.4 Å². The molecular weight excluding hydrogens is 468 g/mol. The summed E-state index contributed by atoms with van der Waals surface area (Å²) in [5, 5.41) is 19.3. The van der Waals surface area contributed by atoms with E-state index in [1.807, 2.05) is 91.8 Å². The standard InChI is InChI=1S/C28H30N6O3/c1-34(2)18-23(35)19-37-24-15-13-22(14-16-24)31-28-29-17-25(32-27(36)20-9-5-3-6-10-20)26(33-28)30-21-11-7-4-8-12-21/h3-17,23,35H,18-19H2,1-2H3,(H,32,36)(H2,29,30,31,33). The third-order valence-corrected chi connectivity index (χ3v) is 5.24. The van der Waals surface area contributed by atoms with E-state index in [9.17, 15) is 9.90 Å². The molecule has 190 valence electrons. The molecule has 0 aliphatic rings. The molecule has 1 aromatic heterocycles. The summed E-state index contributed by atoms with van der Waals surface area (Å²) in [6.07, 6.45) is 0.989. The second-order valence-corrected chi connectivity index (χ2v) is 8.64. The van der Waals surface area contributed by atoms with E-state index in [2.05, 4.69) is 25.9 Å². The highest BCUT2D eigenvalue weighted by Gasteiger charge is 2.13. The number of nitrogens with zero attached hydrogens (tertiary/aromatic N) is 3. The van der Waals surface area contributed by atoms with Gasteiger partial charge in [0.1, 0.15) is 24.1 Å². The lowest BCUT2D eigenvalue weighted by atomic mass is 10.2. The van der Waals surface area contributed by atoms with Gasteiger partial charge >= 0.3 is 0 Å². The van der Waals surface area contributed by atoms with Crippen LogP contribution in [0.3, 0.4) is 0 Å². The molecule has 1 amide bonds. The van der Waals surface area contributed by atoms with Crippen molar-refractivity contribution >= 4 is 34.7 Å². The molecule has 0 bridgehead atoms. The minimum atomic E-state index is -0.572. The normalized spacial score (nSPS) is 11.6. The number of para-hydroxylation sites is 1. The molecule has 0 radical (unpaired) electrons. The zero-order valence-corrected chi connectivity index (χ0v) is 20.8. The molecule has 9 nitrogen and oxygen atoms in total. The van der Waals surface area contributed by atoms with Crippen molar-refractivity contribution in [3.8, 4) is 5.75 Å². The van der Waals surface area contributed by atoms with Crippen molar-refractivity contribution in [2.75, 3.05) is 43.2 Å². The van der Waals surface area contributed by atoms with E-state index in [-0.39, 0.29) is 12.5 Å². The topological polar surface area (TPSA) is 112 Å². The average Bonchev–Trinajstić information content (AvgIpc) is 2.90. The number of carbonyl (C=O) groups excluding carboxylic acids is 1. The molecule has 0 saturated carbocycles. The van der Waals surface area contributed by atoms with Crippen molar-refractivity contribution in [3.63, 3.8) is 0 Å². The molecule has 1 heterocycles. The lowest BCUT2D eigenvalue weighted by molar-refractivity contribution is 0.0831. The van der Waals surface area contributed by atoms with Crippen LogP contribution in [-0.4, -0.2) is 59.2 Å². The van der Waals surface area contributed by atoms with Gasteiger partial charge in [-0.25, -0.2) is 4.98 Å². The Morgan fingerprint density at radius 1 is 0.919 bits per heavy atom. The lowest BCUT2D eigenvalue weighted by Gasteiger charge is -2.16. The van der Waals surface area contributed by atoms with Gasteiger partial charge in [-0.3, -0.25) is 4.79 Å². The molecule has 4 N–H and O–H groups in total. The first-order valence-corrected chi connectivity index (χ1v) is 11.8. The van der Waals surface area contributed by atoms with Gasteiger partial charge in [0.2, 0.25) is 5.95 Å². The fourth-order valence-corrected chi connectivity index (χ4v) is 3.50. The number of hydrogen-bond acceptors (Lipinski definition) is 8. The first-order valence-electron chi connectivity index (χ1n) is 11.8. The average molecular weight is 499 g/mol. The van der Waals surface area contributed by atoms with Gasteiger partial charge in [0.15, 0.2) is 5.82 Å². The predicted molar refractivity (Wildman–Crippen MR) is 146 cm³/mol. The summed E-state index contributed by atoms with van der Waals surface area (Å²) in [7, 11) is 3.80. The van der Waals surface area contributed by atoms with E-state index >= 15 is 0 Å². The van der Waals surface area contributed by atoms with E-state index in [1.165, 1.54) is 0 Å². The lowest BCUT2D eigenvalue weighted by Crippen LogP contribution is -2.30. The summed E-state index contributed by atoms with van der Waals surface area (Å²) >= 11 is 0. The number of aliphatic hydroxyl groups excluding tert-OH is 1. The highest BCUT2D eigenvalue weighted by Crippen LogP contribution is 2.26. The van der Waals surface area contributed by atoms with Gasteiger partial charge in [0, 0.05) is 23.5 Å². The fourth-order valence-electron chi connectivity index (χ4n) is 3.50. The van der Waals surface area contributed by atoms with Crippen LogP contribution in [0.1, 0.15) is 10.4 Å². The largest absolute Gasteiger partial charge is 0.491 e. The van der Waals surface area contributed by atoms with Crippen LogP contribution in [0.2, 0.25) is 0 Å². The van der Waals surface area contributed by atoms with Crippen LogP contribution in [0.5, 0.6) is 5.75 Å². The molecule has 4 aromatic rings. The number of amides is 1. The van der Waals surface area contributed by atoms with Crippen LogP contribution in [0.4, 0.5) is 28.8 Å². The number of aromatic nitrogens is 2. The van der Waals surface area contributed by atoms with E-state index < -0.39 is 6.10 Å². The fraction of sp³-hybridized carbons (Fsp3) is 0.179. The summed E-state index contributed by atoms with van der Waals surface area (Å²) in [6, 6.07) is 25.8. The summed E-state index contributed by atoms with van der Waals surface area (Å²) in [4.78, 5) is 23.6. The maximum absolute atomic E-state index is 12.7. The van der Waals surface area contributed by atoms with E-state index in [1.54, 1.807) is 18.3 Å². The number of likely N-dealkylation sites (N-methyl/N-ethyl adjacent to an activating group) is 1. The van der Waals surface area contributed by atoms with Gasteiger partial charge in [-0.05, 0) is 62.6 Å². The Hall–Kier alpha value is -4.47. The van der Waals surface area contributed by atoms with Crippen LogP contribution in [0.15, 0.2) is 91.1 Å². The number of rotatable bonds is 11. The minimum Gasteiger partial charge on any atom is -0.491 e. The smallest absolute Gasteiger partial charge is 0.255 e. The Balaban J connectivity index is 1.47. The first kappa shape index (κ1) is 25.6. The monoisotopic (exact) mass is 498 g/mol. The summed E-state index contributed by atoms with van der Waals surface area (Å²) in [5.74, 6) is 1.19. The number of hydrogen-bond donors (Lipinski definition) is 4. The van der Waals surface area contributed by atoms with Crippen LogP contribution in [0.25, 0.3) is 0 Å². The zero-order valence-electron chi connectivity index (χ0n) is 20.8. The van der Waals surface area contributed by atoms with Crippen molar-refractivity contribution in [2.24, 2.45) is 0 Å². The molecule has 1 atom stereocenters. The Bertz CT molecular complexity index is 1280. The predicted octanol–water partition coefficient (Wildman–Crippen LogP) is 4.52. The van der Waals surface area contributed by atoms with Crippen molar-refractivity contribution in [2.45, 2.75) is 6.10 Å². The number of ether oxygens (including phenoxy) is 1. The number of benzene rings is 3. The first-order chi connectivity index (χ1) is 18.0. The second kappa shape index (κ2) is 12.5. The molecule has 9 heteroatoms. The Morgan fingerprint density at radius 3 is 2.24 bits per heavy atom. The van der Waals surface area contributed by atoms with E-state index in [0.29, 0.717) is 35.3 Å². The molecule has 4 rings (SSSR count). The van der Waals surface area contributed by atoms with Crippen molar-refractivity contribution < 1.29 is 14.6 Å². The number of anilines is 5. The summed E-state index contributed by atoms with van der Waals surface area (Å²) < 4.78 is 5.66. The van der Waals surface area contributed by atoms with Gasteiger partial charge in [0.25, 0.3) is 5.91 Å². The molecule has 0 aliphatic heterocycles. The highest BCUT2D eigenvalue weighted by molar-refractivity contribution is 6.05. The molecule has 37 heavy (non-hydrogen) atoms. The second-order valence-electron chi connectivity index (χ2n) is 8.64. The summed E-state index contributed by atoms with van der Waals surface area (Å²) in [6.45, 7) is 0.733. The van der Waals surface area contributed by atoms with Crippen LogP contribution < -0.4 is 20.7 Å². The Kier molecular flexibility index (Phi) is 8.64. The van der Waals surface area contributed by atoms with Gasteiger partial charge in [-0.1, -0.05) is 36.4 Å². The zero-order chi connectivity index (χ0) is 26.0. The maximum atomic E-state index is 12.7. The Labute approximate surface area is 216 Å². The molecule has 0 aliphatic carbocycles.